The van der Waals surface area contributed by atoms with E-state index in [9.17, 15) is 0 Å². The number of benzene rings is 1. The van der Waals surface area contributed by atoms with Crippen LogP contribution in [0.4, 0.5) is 0 Å². The smallest absolute Gasteiger partial charge is 0.125 e. The van der Waals surface area contributed by atoms with E-state index in [2.05, 4.69) is 27.9 Å². The van der Waals surface area contributed by atoms with Gasteiger partial charge in [0.05, 0.1) is 10.7 Å². The van der Waals surface area contributed by atoms with E-state index in [0.29, 0.717) is 0 Å². The van der Waals surface area contributed by atoms with Crippen LogP contribution >= 0.6 is 38.9 Å². The second-order valence-electron chi connectivity index (χ2n) is 4.48. The van der Waals surface area contributed by atoms with Crippen molar-refractivity contribution in [3.05, 3.63) is 38.3 Å². The van der Waals surface area contributed by atoms with Gasteiger partial charge in [-0.2, -0.15) is 0 Å². The molecule has 2 heterocycles. The van der Waals surface area contributed by atoms with Crippen molar-refractivity contribution >= 4 is 38.9 Å². The molecule has 0 bridgehead atoms. The Bertz CT molecular complexity index is 597. The fourth-order valence-corrected chi connectivity index (χ4v) is 3.96. The molecule has 0 N–H and O–H groups in total. The summed E-state index contributed by atoms with van der Waals surface area (Å²) in [5.41, 5.74) is 2.26. The number of hydrogen-bond donors (Lipinski definition) is 0. The topological polar surface area (TPSA) is 16.1 Å². The molecule has 0 atom stereocenters. The number of likely N-dealkylation sites (N-methyl/N-ethyl adjacent to an activating group) is 1. The van der Waals surface area contributed by atoms with E-state index in [1.807, 2.05) is 18.2 Å². The Morgan fingerprint density at radius 1 is 1.44 bits per heavy atom. The first-order valence-corrected chi connectivity index (χ1v) is 7.75. The van der Waals surface area contributed by atoms with Crippen LogP contribution in [0.3, 0.4) is 0 Å². The Kier molecular flexibility index (Phi) is 3.45. The van der Waals surface area contributed by atoms with Crippen LogP contribution < -0.4 is 0 Å². The molecule has 5 heteroatoms. The maximum atomic E-state index is 6.33. The Morgan fingerprint density at radius 3 is 3.11 bits per heavy atom. The summed E-state index contributed by atoms with van der Waals surface area (Å²) >= 11 is 11.5. The number of rotatable bonds is 1. The molecule has 2 aromatic rings. The first-order chi connectivity index (χ1) is 8.65. The van der Waals surface area contributed by atoms with Gasteiger partial charge >= 0.3 is 0 Å². The highest BCUT2D eigenvalue weighted by atomic mass is 79.9. The molecule has 0 fully saturated rings. The molecular formula is C13H12BrClN2S. The molecule has 1 aromatic heterocycles. The maximum absolute atomic E-state index is 6.33. The molecule has 1 aliphatic rings. The average Bonchev–Trinajstić information content (AvgIpc) is 2.75. The summed E-state index contributed by atoms with van der Waals surface area (Å²) in [5.74, 6) is 0. The van der Waals surface area contributed by atoms with E-state index in [1.165, 1.54) is 10.6 Å². The van der Waals surface area contributed by atoms with E-state index in [0.717, 1.165) is 39.6 Å². The van der Waals surface area contributed by atoms with Crippen molar-refractivity contribution in [3.63, 3.8) is 0 Å². The summed E-state index contributed by atoms with van der Waals surface area (Å²) in [6, 6.07) is 5.98. The zero-order chi connectivity index (χ0) is 12.7. The molecule has 18 heavy (non-hydrogen) atoms. The molecule has 0 saturated carbocycles. The fraction of sp³-hybridized carbons (Fsp3) is 0.308. The van der Waals surface area contributed by atoms with Gasteiger partial charge < -0.3 is 4.90 Å². The summed E-state index contributed by atoms with van der Waals surface area (Å²) in [7, 11) is 2.15. The zero-order valence-electron chi connectivity index (χ0n) is 9.91. The second-order valence-corrected chi connectivity index (χ2v) is 6.79. The summed E-state index contributed by atoms with van der Waals surface area (Å²) in [6.07, 6.45) is 1.04. The number of aromatic nitrogens is 1. The van der Waals surface area contributed by atoms with Crippen molar-refractivity contribution in [1.29, 1.82) is 0 Å². The van der Waals surface area contributed by atoms with Crippen molar-refractivity contribution in [2.24, 2.45) is 0 Å². The van der Waals surface area contributed by atoms with Crippen LogP contribution in [-0.4, -0.2) is 23.5 Å². The average molecular weight is 344 g/mol. The number of halogens is 2. The molecule has 0 spiro atoms. The highest BCUT2D eigenvalue weighted by Crippen LogP contribution is 2.37. The van der Waals surface area contributed by atoms with Crippen molar-refractivity contribution < 1.29 is 0 Å². The number of hydrogen-bond acceptors (Lipinski definition) is 3. The monoisotopic (exact) mass is 342 g/mol. The lowest BCUT2D eigenvalue weighted by molar-refractivity contribution is 0.314. The third-order valence-electron chi connectivity index (χ3n) is 3.10. The lowest BCUT2D eigenvalue weighted by atomic mass is 10.2. The highest BCUT2D eigenvalue weighted by molar-refractivity contribution is 9.10. The Morgan fingerprint density at radius 2 is 2.28 bits per heavy atom. The molecule has 2 nitrogen and oxygen atoms in total. The van der Waals surface area contributed by atoms with Crippen molar-refractivity contribution in [2.45, 2.75) is 13.0 Å². The predicted octanol–water partition coefficient (Wildman–Crippen LogP) is 4.21. The first kappa shape index (κ1) is 12.6. The molecular weight excluding hydrogens is 332 g/mol. The minimum Gasteiger partial charge on any atom is -0.301 e. The van der Waals surface area contributed by atoms with E-state index in [-0.39, 0.29) is 0 Å². The molecule has 1 aromatic carbocycles. The predicted molar refractivity (Wildman–Crippen MR) is 80.3 cm³/mol. The van der Waals surface area contributed by atoms with E-state index in [4.69, 9.17) is 16.6 Å². The molecule has 94 valence electrons. The van der Waals surface area contributed by atoms with Crippen LogP contribution in [0, 0.1) is 0 Å². The molecule has 1 aliphatic heterocycles. The van der Waals surface area contributed by atoms with Crippen LogP contribution in [0.5, 0.6) is 0 Å². The molecule has 0 saturated heterocycles. The Hall–Kier alpha value is -0.420. The second kappa shape index (κ2) is 4.93. The van der Waals surface area contributed by atoms with Gasteiger partial charge in [0.1, 0.15) is 5.01 Å². The Balaban J connectivity index is 2.05. The maximum Gasteiger partial charge on any atom is 0.125 e. The summed E-state index contributed by atoms with van der Waals surface area (Å²) in [5, 5.41) is 1.78. The SMILES string of the molecule is CN1CCc2nc(-c3cccc(Br)c3Cl)sc2C1. The molecule has 0 unspecified atom stereocenters. The van der Waals surface area contributed by atoms with Crippen LogP contribution in [0.25, 0.3) is 10.6 Å². The third-order valence-corrected chi connectivity index (χ3v) is 5.52. The number of fused-ring (bicyclic) bond motifs is 1. The van der Waals surface area contributed by atoms with Gasteiger partial charge in [-0.3, -0.25) is 0 Å². The lowest BCUT2D eigenvalue weighted by Crippen LogP contribution is -2.25. The molecule has 0 amide bonds. The summed E-state index contributed by atoms with van der Waals surface area (Å²) < 4.78 is 0.923. The number of thiazole rings is 1. The van der Waals surface area contributed by atoms with Gasteiger partial charge in [-0.15, -0.1) is 11.3 Å². The minimum absolute atomic E-state index is 0.747. The fourth-order valence-electron chi connectivity index (χ4n) is 2.11. The largest absolute Gasteiger partial charge is 0.301 e. The molecule has 3 rings (SSSR count). The Labute approximate surface area is 124 Å². The van der Waals surface area contributed by atoms with Gasteiger partial charge in [0.25, 0.3) is 0 Å². The van der Waals surface area contributed by atoms with E-state index in [1.54, 1.807) is 11.3 Å². The van der Waals surface area contributed by atoms with Crippen molar-refractivity contribution in [2.75, 3.05) is 13.6 Å². The van der Waals surface area contributed by atoms with Crippen LogP contribution in [0.2, 0.25) is 5.02 Å². The third kappa shape index (κ3) is 2.23. The van der Waals surface area contributed by atoms with Crippen LogP contribution in [0.15, 0.2) is 22.7 Å². The van der Waals surface area contributed by atoms with E-state index < -0.39 is 0 Å². The van der Waals surface area contributed by atoms with Crippen molar-refractivity contribution in [1.82, 2.24) is 9.88 Å². The van der Waals surface area contributed by atoms with Gasteiger partial charge in [0.15, 0.2) is 0 Å². The normalized spacial score (nSPS) is 15.7. The molecule has 0 aliphatic carbocycles. The van der Waals surface area contributed by atoms with Gasteiger partial charge in [-0.05, 0) is 29.0 Å². The van der Waals surface area contributed by atoms with Crippen LogP contribution in [-0.2, 0) is 13.0 Å². The highest BCUT2D eigenvalue weighted by Gasteiger charge is 2.20. The van der Waals surface area contributed by atoms with Gasteiger partial charge in [0, 0.05) is 34.4 Å². The number of nitrogens with zero attached hydrogens (tertiary/aromatic N) is 2. The van der Waals surface area contributed by atoms with Gasteiger partial charge in [-0.1, -0.05) is 23.7 Å². The van der Waals surface area contributed by atoms with Crippen LogP contribution in [0.1, 0.15) is 10.6 Å². The quantitative estimate of drug-likeness (QED) is 0.771. The summed E-state index contributed by atoms with van der Waals surface area (Å²) in [6.45, 7) is 2.08. The van der Waals surface area contributed by atoms with Gasteiger partial charge in [-0.25, -0.2) is 4.98 Å². The summed E-state index contributed by atoms with van der Waals surface area (Å²) in [4.78, 5) is 8.44. The first-order valence-electron chi connectivity index (χ1n) is 5.76. The lowest BCUT2D eigenvalue weighted by Gasteiger charge is -2.20. The van der Waals surface area contributed by atoms with Gasteiger partial charge in [0.2, 0.25) is 0 Å². The molecule has 0 radical (unpaired) electrons. The zero-order valence-corrected chi connectivity index (χ0v) is 13.1. The standard InChI is InChI=1S/C13H12BrClN2S/c1-17-6-5-10-11(7-17)18-13(16-10)8-3-2-4-9(14)12(8)15/h2-4H,5-7H2,1H3. The van der Waals surface area contributed by atoms with Crippen molar-refractivity contribution in [3.8, 4) is 10.6 Å². The van der Waals surface area contributed by atoms with E-state index >= 15 is 0 Å². The minimum atomic E-state index is 0.747.